The molecule has 0 N–H and O–H groups in total. The first-order valence-electron chi connectivity index (χ1n) is 10.7. The van der Waals surface area contributed by atoms with Gasteiger partial charge in [0.15, 0.2) is 0 Å². The van der Waals surface area contributed by atoms with Gasteiger partial charge in [0.25, 0.3) is 0 Å². The van der Waals surface area contributed by atoms with Crippen molar-refractivity contribution < 1.29 is 23.5 Å². The van der Waals surface area contributed by atoms with Gasteiger partial charge in [0.05, 0.1) is 18.8 Å². The number of hydrogen-bond donors (Lipinski definition) is 0. The van der Waals surface area contributed by atoms with Crippen molar-refractivity contribution in [3.05, 3.63) is 35.8 Å². The first-order valence-corrected chi connectivity index (χ1v) is 10.7. The van der Waals surface area contributed by atoms with E-state index >= 15 is 0 Å². The summed E-state index contributed by atoms with van der Waals surface area (Å²) in [5, 5.41) is 0. The number of furan rings is 1. The highest BCUT2D eigenvalue weighted by Crippen LogP contribution is 2.62. The van der Waals surface area contributed by atoms with E-state index in [1.165, 1.54) is 19.6 Å². The van der Waals surface area contributed by atoms with Crippen LogP contribution < -0.4 is 0 Å². The van der Waals surface area contributed by atoms with Crippen molar-refractivity contribution in [3.8, 4) is 0 Å². The molecule has 0 unspecified atom stereocenters. The van der Waals surface area contributed by atoms with Crippen LogP contribution in [0, 0.1) is 22.7 Å². The Morgan fingerprint density at radius 1 is 1.31 bits per heavy atom. The van der Waals surface area contributed by atoms with Crippen molar-refractivity contribution in [3.63, 3.8) is 0 Å². The molecule has 3 rings (SSSR count). The van der Waals surface area contributed by atoms with Gasteiger partial charge in [-0.3, -0.25) is 9.59 Å². The van der Waals surface area contributed by atoms with Crippen LogP contribution in [-0.2, 0) is 32.1 Å². The number of rotatable bonds is 6. The zero-order valence-corrected chi connectivity index (χ0v) is 18.2. The second-order valence-corrected chi connectivity index (χ2v) is 9.26. The van der Waals surface area contributed by atoms with E-state index in [1.54, 1.807) is 6.26 Å². The van der Waals surface area contributed by atoms with Gasteiger partial charge in [-0.25, -0.2) is 0 Å². The maximum absolute atomic E-state index is 12.7. The largest absolute Gasteiger partial charge is 0.469 e. The monoisotopic (exact) mass is 402 g/mol. The molecule has 2 aliphatic carbocycles. The van der Waals surface area contributed by atoms with Crippen molar-refractivity contribution in [2.45, 2.75) is 72.3 Å². The zero-order valence-electron chi connectivity index (χ0n) is 18.2. The summed E-state index contributed by atoms with van der Waals surface area (Å²) < 4.78 is 15.9. The molecule has 0 aliphatic heterocycles. The normalized spacial score (nSPS) is 31.8. The van der Waals surface area contributed by atoms with E-state index in [9.17, 15) is 9.59 Å². The van der Waals surface area contributed by atoms with Crippen LogP contribution in [-0.4, -0.2) is 19.0 Å². The van der Waals surface area contributed by atoms with E-state index in [0.29, 0.717) is 17.6 Å². The van der Waals surface area contributed by atoms with Crippen LogP contribution in [0.25, 0.3) is 0 Å². The fourth-order valence-corrected chi connectivity index (χ4v) is 6.14. The smallest absolute Gasteiger partial charge is 0.311 e. The first-order chi connectivity index (χ1) is 13.7. The van der Waals surface area contributed by atoms with Crippen LogP contribution in [0.5, 0.6) is 0 Å². The lowest BCUT2D eigenvalue weighted by Gasteiger charge is -2.57. The van der Waals surface area contributed by atoms with Gasteiger partial charge in [-0.15, -0.1) is 0 Å². The average molecular weight is 403 g/mol. The lowest BCUT2D eigenvalue weighted by Crippen LogP contribution is -2.53. The third-order valence-corrected chi connectivity index (χ3v) is 7.62. The highest BCUT2D eigenvalue weighted by atomic mass is 16.5. The molecular formula is C24H34O5. The molecule has 2 saturated carbocycles. The third kappa shape index (κ3) is 4.01. The Hall–Kier alpha value is -2.04. The molecule has 0 aromatic carbocycles. The number of carbonyl (C=O) groups excluding carboxylic acids is 2. The molecule has 1 aromatic heterocycles. The lowest BCUT2D eigenvalue weighted by molar-refractivity contribution is -0.168. The molecule has 1 heterocycles. The predicted molar refractivity (Wildman–Crippen MR) is 110 cm³/mol. The molecule has 1 aromatic rings. The highest BCUT2D eigenvalue weighted by molar-refractivity contribution is 5.77. The fourth-order valence-electron chi connectivity index (χ4n) is 6.14. The molecule has 0 spiro atoms. The minimum Gasteiger partial charge on any atom is -0.469 e. The summed E-state index contributed by atoms with van der Waals surface area (Å²) in [6, 6.07) is 1.96. The molecule has 29 heavy (non-hydrogen) atoms. The summed E-state index contributed by atoms with van der Waals surface area (Å²) in [5.41, 5.74) is 1.99. The molecule has 0 radical (unpaired) electrons. The number of hydrogen-bond acceptors (Lipinski definition) is 5. The minimum atomic E-state index is -0.420. The molecule has 5 nitrogen and oxygen atoms in total. The number of fused-ring (bicyclic) bond motifs is 1. The SMILES string of the molecule is C=C1CC[C@@H]2[C@](C)(CCC[C@]2(C)C(=O)OC)[C@H]1CCc1ccoc1COC(C)=O. The van der Waals surface area contributed by atoms with Gasteiger partial charge in [0.2, 0.25) is 0 Å². The maximum Gasteiger partial charge on any atom is 0.311 e. The summed E-state index contributed by atoms with van der Waals surface area (Å²) in [7, 11) is 1.50. The Balaban J connectivity index is 1.79. The molecule has 160 valence electrons. The van der Waals surface area contributed by atoms with E-state index in [-0.39, 0.29) is 24.0 Å². The Kier molecular flexibility index (Phi) is 6.25. The van der Waals surface area contributed by atoms with Crippen LogP contribution in [0.4, 0.5) is 0 Å². The number of ether oxygens (including phenoxy) is 2. The number of aryl methyl sites for hydroxylation is 1. The maximum atomic E-state index is 12.7. The van der Waals surface area contributed by atoms with Crippen LogP contribution in [0.2, 0.25) is 0 Å². The average Bonchev–Trinajstić information content (AvgIpc) is 3.12. The molecule has 2 fully saturated rings. The Bertz CT molecular complexity index is 778. The topological polar surface area (TPSA) is 65.7 Å². The summed E-state index contributed by atoms with van der Waals surface area (Å²) in [6.07, 6.45) is 8.45. The molecule has 4 atom stereocenters. The van der Waals surface area contributed by atoms with Crippen molar-refractivity contribution in [2.75, 3.05) is 7.11 Å². The van der Waals surface area contributed by atoms with E-state index in [0.717, 1.165) is 50.5 Å². The van der Waals surface area contributed by atoms with E-state index < -0.39 is 5.41 Å². The van der Waals surface area contributed by atoms with Gasteiger partial charge in [-0.1, -0.05) is 25.5 Å². The standard InChI is InChI=1S/C24H34O5/c1-16-7-10-21-23(3,12-6-13-24(21,4)22(26)27-5)19(16)9-8-18-11-14-28-20(18)15-29-17(2)25/h11,14,19,21H,1,6-10,12-13,15H2,2-5H3/t19-,21+,23+,24-/m0/s1. The highest BCUT2D eigenvalue weighted by Gasteiger charge is 2.57. The van der Waals surface area contributed by atoms with Gasteiger partial charge >= 0.3 is 11.9 Å². The quantitative estimate of drug-likeness (QED) is 0.482. The number of allylic oxidation sites excluding steroid dienone is 1. The fraction of sp³-hybridized carbons (Fsp3) is 0.667. The molecular weight excluding hydrogens is 368 g/mol. The zero-order chi connectivity index (χ0) is 21.2. The number of carbonyl (C=O) groups is 2. The second kappa shape index (κ2) is 8.37. The lowest BCUT2D eigenvalue weighted by atomic mass is 9.46. The third-order valence-electron chi connectivity index (χ3n) is 7.62. The van der Waals surface area contributed by atoms with E-state index in [2.05, 4.69) is 20.4 Å². The van der Waals surface area contributed by atoms with Crippen LogP contribution >= 0.6 is 0 Å². The molecule has 0 saturated heterocycles. The molecule has 2 aliphatic rings. The summed E-state index contributed by atoms with van der Waals surface area (Å²) in [4.78, 5) is 23.8. The minimum absolute atomic E-state index is 0.0380. The van der Waals surface area contributed by atoms with Crippen LogP contribution in [0.15, 0.2) is 28.9 Å². The molecule has 0 amide bonds. The van der Waals surface area contributed by atoms with Crippen molar-refractivity contribution in [2.24, 2.45) is 22.7 Å². The van der Waals surface area contributed by atoms with Gasteiger partial charge in [-0.05, 0) is 74.3 Å². The Labute approximate surface area is 173 Å². The number of methoxy groups -OCH3 is 1. The summed E-state index contributed by atoms with van der Waals surface area (Å²) in [6.45, 7) is 10.4. The first kappa shape index (κ1) is 21.7. The predicted octanol–water partition coefficient (Wildman–Crippen LogP) is 5.23. The van der Waals surface area contributed by atoms with Gasteiger partial charge in [-0.2, -0.15) is 0 Å². The van der Waals surface area contributed by atoms with Gasteiger partial charge < -0.3 is 13.9 Å². The second-order valence-electron chi connectivity index (χ2n) is 9.26. The van der Waals surface area contributed by atoms with Crippen molar-refractivity contribution >= 4 is 11.9 Å². The number of esters is 2. The molecule has 0 bridgehead atoms. The van der Waals surface area contributed by atoms with E-state index in [4.69, 9.17) is 13.9 Å². The van der Waals surface area contributed by atoms with Crippen molar-refractivity contribution in [1.82, 2.24) is 0 Å². The van der Waals surface area contributed by atoms with Gasteiger partial charge in [0, 0.05) is 6.92 Å². The van der Waals surface area contributed by atoms with Crippen molar-refractivity contribution in [1.29, 1.82) is 0 Å². The summed E-state index contributed by atoms with van der Waals surface area (Å²) >= 11 is 0. The van der Waals surface area contributed by atoms with Gasteiger partial charge in [0.1, 0.15) is 12.4 Å². The Morgan fingerprint density at radius 2 is 2.07 bits per heavy atom. The van der Waals surface area contributed by atoms with Crippen LogP contribution in [0.3, 0.4) is 0 Å². The van der Waals surface area contributed by atoms with E-state index in [1.807, 2.05) is 6.07 Å². The molecule has 5 heteroatoms. The van der Waals surface area contributed by atoms with Crippen LogP contribution in [0.1, 0.15) is 70.6 Å². The summed E-state index contributed by atoms with van der Waals surface area (Å²) in [5.74, 6) is 0.982. The Morgan fingerprint density at radius 3 is 2.76 bits per heavy atom.